The van der Waals surface area contributed by atoms with Crippen LogP contribution in [0, 0.1) is 0 Å². The summed E-state index contributed by atoms with van der Waals surface area (Å²) >= 11 is 0. The highest BCUT2D eigenvalue weighted by atomic mass is 16.5. The molecule has 0 rings (SSSR count). The molecule has 6 nitrogen and oxygen atoms in total. The lowest BCUT2D eigenvalue weighted by Gasteiger charge is -1.90. The molecule has 0 aliphatic carbocycles. The Morgan fingerprint density at radius 3 is 1.42 bits per heavy atom. The van der Waals surface area contributed by atoms with Crippen molar-refractivity contribution in [2.45, 2.75) is 26.1 Å². The third kappa shape index (κ3) is 23.2. The van der Waals surface area contributed by atoms with Crippen LogP contribution in [-0.2, 0) is 9.59 Å². The van der Waals surface area contributed by atoms with E-state index >= 15 is 0 Å². The quantitative estimate of drug-likeness (QED) is 0.335. The van der Waals surface area contributed by atoms with Crippen LogP contribution < -0.4 is 0 Å². The molecular formula is C6H12O6. The van der Waals surface area contributed by atoms with Crippen LogP contribution in [0.25, 0.3) is 0 Å². The Morgan fingerprint density at radius 1 is 1.17 bits per heavy atom. The lowest BCUT2D eigenvalue weighted by atomic mass is 10.5. The molecule has 6 heteroatoms. The van der Waals surface area contributed by atoms with Gasteiger partial charge in [0, 0.05) is 0 Å². The molecule has 12 heavy (non-hydrogen) atoms. The first-order valence-electron chi connectivity index (χ1n) is 3.19. The van der Waals surface area contributed by atoms with E-state index < -0.39 is 24.6 Å². The maximum atomic E-state index is 9.43. The highest BCUT2D eigenvalue weighted by molar-refractivity contribution is 5.88. The van der Waals surface area contributed by atoms with E-state index in [0.29, 0.717) is 6.42 Å². The Hall–Kier alpha value is -1.14. The molecule has 0 aliphatic rings. The van der Waals surface area contributed by atoms with Gasteiger partial charge in [0.2, 0.25) is 0 Å². The zero-order chi connectivity index (χ0) is 10.1. The van der Waals surface area contributed by atoms with Crippen LogP contribution in [0.3, 0.4) is 0 Å². The minimum Gasteiger partial charge on any atom is -0.481 e. The molecule has 0 aromatic carbocycles. The second-order valence-corrected chi connectivity index (χ2v) is 1.85. The molecule has 0 spiro atoms. The van der Waals surface area contributed by atoms with E-state index in [4.69, 9.17) is 20.4 Å². The van der Waals surface area contributed by atoms with E-state index in [2.05, 4.69) is 0 Å². The Bertz CT molecular complexity index is 129. The van der Waals surface area contributed by atoms with Crippen LogP contribution in [0.2, 0.25) is 0 Å². The van der Waals surface area contributed by atoms with Gasteiger partial charge in [0.1, 0.15) is 6.42 Å². The van der Waals surface area contributed by atoms with Crippen molar-refractivity contribution in [1.82, 2.24) is 0 Å². The molecule has 0 aliphatic heterocycles. The fourth-order valence-corrected chi connectivity index (χ4v) is 0.129. The van der Waals surface area contributed by atoms with E-state index in [1.807, 2.05) is 0 Å². The second-order valence-electron chi connectivity index (χ2n) is 1.85. The van der Waals surface area contributed by atoms with E-state index in [1.54, 1.807) is 6.92 Å². The van der Waals surface area contributed by atoms with Crippen molar-refractivity contribution in [2.24, 2.45) is 0 Å². The Morgan fingerprint density at radius 2 is 1.42 bits per heavy atom. The summed E-state index contributed by atoms with van der Waals surface area (Å²) in [6, 6.07) is 0. The summed E-state index contributed by atoms with van der Waals surface area (Å²) < 4.78 is 0. The van der Waals surface area contributed by atoms with Crippen LogP contribution in [0.15, 0.2) is 0 Å². The van der Waals surface area contributed by atoms with Gasteiger partial charge in [0.05, 0.1) is 0 Å². The Balaban J connectivity index is 0. The predicted molar refractivity (Wildman–Crippen MR) is 38.4 cm³/mol. The molecule has 0 aromatic heterocycles. The molecule has 0 saturated carbocycles. The van der Waals surface area contributed by atoms with Crippen LogP contribution in [0.5, 0.6) is 0 Å². The first kappa shape index (κ1) is 13.4. The summed E-state index contributed by atoms with van der Waals surface area (Å²) in [6.07, 6.45) is -1.50. The van der Waals surface area contributed by atoms with Crippen LogP contribution >= 0.6 is 0 Å². The van der Waals surface area contributed by atoms with E-state index in [1.165, 1.54) is 0 Å². The Kier molecular flexibility index (Phi) is 8.92. The van der Waals surface area contributed by atoms with Crippen LogP contribution in [0.4, 0.5) is 0 Å². The summed E-state index contributed by atoms with van der Waals surface area (Å²) in [5.74, 6) is -2.62. The van der Waals surface area contributed by atoms with Crippen LogP contribution in [-0.4, -0.2) is 38.7 Å². The normalized spacial score (nSPS) is 8.67. The average Bonchev–Trinajstić information content (AvgIpc) is 1.85. The van der Waals surface area contributed by atoms with Crippen molar-refractivity contribution < 1.29 is 30.0 Å². The summed E-state index contributed by atoms with van der Waals surface area (Å²) in [4.78, 5) is 18.9. The lowest BCUT2D eigenvalue weighted by Crippen LogP contribution is -2.03. The molecule has 0 heterocycles. The fraction of sp³-hybridized carbons (Fsp3) is 0.667. The fourth-order valence-electron chi connectivity index (χ4n) is 0.129. The lowest BCUT2D eigenvalue weighted by molar-refractivity contribution is -0.147. The maximum absolute atomic E-state index is 9.43. The highest BCUT2D eigenvalue weighted by Gasteiger charge is 2.01. The van der Waals surface area contributed by atoms with Gasteiger partial charge in [-0.1, -0.05) is 6.92 Å². The number of carboxylic acids is 2. The smallest absolute Gasteiger partial charge is 0.314 e. The third-order valence-electron chi connectivity index (χ3n) is 0.668. The number of aliphatic hydroxyl groups excluding tert-OH is 1. The van der Waals surface area contributed by atoms with Gasteiger partial charge in [-0.15, -0.1) is 0 Å². The van der Waals surface area contributed by atoms with Crippen molar-refractivity contribution in [1.29, 1.82) is 0 Å². The third-order valence-corrected chi connectivity index (χ3v) is 0.668. The van der Waals surface area contributed by atoms with E-state index in [9.17, 15) is 9.59 Å². The zero-order valence-electron chi connectivity index (χ0n) is 6.60. The van der Waals surface area contributed by atoms with Crippen molar-refractivity contribution >= 4 is 11.9 Å². The topological polar surface area (TPSA) is 115 Å². The molecule has 0 bridgehead atoms. The first-order chi connectivity index (χ1) is 5.40. The molecule has 4 N–H and O–H groups in total. The van der Waals surface area contributed by atoms with Crippen molar-refractivity contribution in [3.8, 4) is 0 Å². The number of aliphatic carboxylic acids is 2. The van der Waals surface area contributed by atoms with Gasteiger partial charge >= 0.3 is 11.9 Å². The molecular weight excluding hydrogens is 168 g/mol. The number of rotatable bonds is 3. The summed E-state index contributed by atoms with van der Waals surface area (Å²) in [5.41, 5.74) is 0. The van der Waals surface area contributed by atoms with Gasteiger partial charge in [0.25, 0.3) is 0 Å². The number of aliphatic hydroxyl groups is 2. The first-order valence-corrected chi connectivity index (χ1v) is 3.19. The van der Waals surface area contributed by atoms with Gasteiger partial charge in [-0.25, -0.2) is 0 Å². The van der Waals surface area contributed by atoms with Gasteiger partial charge < -0.3 is 20.4 Å². The molecule has 0 fully saturated rings. The van der Waals surface area contributed by atoms with E-state index in [-0.39, 0.29) is 0 Å². The van der Waals surface area contributed by atoms with Gasteiger partial charge in [-0.05, 0) is 6.42 Å². The molecule has 0 amide bonds. The summed E-state index contributed by atoms with van der Waals surface area (Å²) in [7, 11) is 0. The highest BCUT2D eigenvalue weighted by Crippen LogP contribution is 1.77. The number of carbonyl (C=O) groups is 2. The van der Waals surface area contributed by atoms with E-state index in [0.717, 1.165) is 0 Å². The predicted octanol–water partition coefficient (Wildman–Crippen LogP) is -0.747. The van der Waals surface area contributed by atoms with Gasteiger partial charge in [-0.2, -0.15) is 0 Å². The molecule has 0 radical (unpaired) electrons. The molecule has 72 valence electrons. The maximum Gasteiger partial charge on any atom is 0.314 e. The standard InChI is InChI=1S/C3H4O4.C3H8O2/c4-2(5)1-3(6)7;1-2-3(4)5/h1H2,(H,4,5)(H,6,7);3-5H,2H2,1H3. The number of hydrogen-bond acceptors (Lipinski definition) is 4. The van der Waals surface area contributed by atoms with Crippen LogP contribution in [0.1, 0.15) is 19.8 Å². The monoisotopic (exact) mass is 180 g/mol. The number of carboxylic acid groups (broad SMARTS) is 2. The molecule has 0 unspecified atom stereocenters. The van der Waals surface area contributed by atoms with Crippen molar-refractivity contribution in [3.63, 3.8) is 0 Å². The molecule has 0 saturated heterocycles. The largest absolute Gasteiger partial charge is 0.481 e. The zero-order valence-corrected chi connectivity index (χ0v) is 6.60. The van der Waals surface area contributed by atoms with Crippen molar-refractivity contribution in [3.05, 3.63) is 0 Å². The minimum absolute atomic E-state index is 0.417. The van der Waals surface area contributed by atoms with Crippen molar-refractivity contribution in [2.75, 3.05) is 0 Å². The SMILES string of the molecule is CCC(O)O.O=C(O)CC(=O)O. The minimum atomic E-state index is -1.31. The van der Waals surface area contributed by atoms with Gasteiger partial charge in [-0.3, -0.25) is 9.59 Å². The second kappa shape index (κ2) is 7.96. The molecule has 0 atom stereocenters. The Labute approximate surface area is 69.1 Å². The average molecular weight is 180 g/mol. The molecule has 0 aromatic rings. The van der Waals surface area contributed by atoms with Gasteiger partial charge in [0.15, 0.2) is 6.29 Å². The summed E-state index contributed by atoms with van der Waals surface area (Å²) in [5, 5.41) is 31.2. The number of hydrogen-bond donors (Lipinski definition) is 4. The summed E-state index contributed by atoms with van der Waals surface area (Å²) in [6.45, 7) is 1.70.